The van der Waals surface area contributed by atoms with Gasteiger partial charge in [0.1, 0.15) is 5.52 Å². The van der Waals surface area contributed by atoms with Crippen LogP contribution in [0.1, 0.15) is 88.5 Å². The molecule has 1 amide bonds. The number of halogens is 3. The summed E-state index contributed by atoms with van der Waals surface area (Å²) in [7, 11) is 0. The first kappa shape index (κ1) is 32.5. The third kappa shape index (κ3) is 5.25. The Morgan fingerprint density at radius 1 is 1.20 bits per heavy atom. The van der Waals surface area contributed by atoms with E-state index in [4.69, 9.17) is 33.2 Å². The molecule has 6 aliphatic rings. The van der Waals surface area contributed by atoms with Crippen LogP contribution in [0.15, 0.2) is 36.5 Å². The molecule has 54 heavy (non-hydrogen) atoms. The first-order valence-corrected chi connectivity index (χ1v) is 20.7. The van der Waals surface area contributed by atoms with E-state index in [-0.39, 0.29) is 58.4 Å². The molecule has 278 valence electrons. The molecule has 0 radical (unpaired) electrons. The number of likely N-dealkylation sites (tertiary alicyclic amines) is 1. The highest BCUT2D eigenvalue weighted by Gasteiger charge is 2.55. The van der Waals surface area contributed by atoms with E-state index in [1.165, 1.54) is 11.3 Å². The van der Waals surface area contributed by atoms with Gasteiger partial charge in [-0.05, 0) is 74.6 Å². The zero-order chi connectivity index (χ0) is 38.9. The van der Waals surface area contributed by atoms with Crippen LogP contribution in [-0.2, 0) is 11.2 Å². The lowest BCUT2D eigenvalue weighted by Crippen LogP contribution is -2.45. The summed E-state index contributed by atoms with van der Waals surface area (Å²) >= 11 is 14.7. The smallest absolute Gasteiger partial charge is 0.226 e. The number of carbonyl (C=O) groups excluding carboxylic acids is 1. The maximum atomic E-state index is 17.4. The van der Waals surface area contributed by atoms with Crippen molar-refractivity contribution in [3.05, 3.63) is 74.2 Å². The second-order valence-corrected chi connectivity index (χ2v) is 18.0. The van der Waals surface area contributed by atoms with Gasteiger partial charge in [-0.3, -0.25) is 4.79 Å². The number of hydrogen-bond acceptors (Lipinski definition) is 7. The molecule has 3 aromatic heterocycles. The molecule has 7 heterocycles. The van der Waals surface area contributed by atoms with E-state index in [0.29, 0.717) is 57.7 Å². The summed E-state index contributed by atoms with van der Waals surface area (Å²) < 4.78 is 39.4. The number of thiazole rings is 1. The van der Waals surface area contributed by atoms with Gasteiger partial charge in [-0.15, -0.1) is 11.3 Å². The van der Waals surface area contributed by atoms with Gasteiger partial charge in [0, 0.05) is 91.0 Å². The summed E-state index contributed by atoms with van der Waals surface area (Å²) in [5, 5.41) is 16.1. The molecular weight excluding hydrogens is 740 g/mol. The number of nitrogens with one attached hydrogen (secondary N) is 1. The predicted octanol–water partition coefficient (Wildman–Crippen LogP) is 9.37. The van der Waals surface area contributed by atoms with E-state index in [2.05, 4.69) is 35.9 Å². The molecule has 11 rings (SSSR count). The fraction of sp³-hybridized carbons (Fsp3) is 0.476. The van der Waals surface area contributed by atoms with E-state index < -0.39 is 24.3 Å². The number of carbonyl (C=O) groups is 1. The van der Waals surface area contributed by atoms with Crippen molar-refractivity contribution in [1.29, 1.82) is 5.26 Å². The highest BCUT2D eigenvalue weighted by atomic mass is 35.5. The van der Waals surface area contributed by atoms with Gasteiger partial charge in [0.15, 0.2) is 10.9 Å². The van der Waals surface area contributed by atoms with E-state index in [1.807, 2.05) is 29.0 Å². The predicted molar refractivity (Wildman–Crippen MR) is 213 cm³/mol. The lowest BCUT2D eigenvalue weighted by molar-refractivity contribution is -0.135. The number of nitrogens with zero attached hydrogens (tertiary/aromatic N) is 6. The molecule has 4 saturated heterocycles. The Morgan fingerprint density at radius 2 is 2.04 bits per heavy atom. The number of aryl methyl sites for hydroxylation is 2. The quantitative estimate of drug-likeness (QED) is 0.169. The molecule has 4 bridgehead atoms. The Morgan fingerprint density at radius 3 is 2.74 bits per heavy atom. The molecular formula is C42H42Cl2FN7OS. The van der Waals surface area contributed by atoms with Crippen LogP contribution in [0.3, 0.4) is 0 Å². The van der Waals surface area contributed by atoms with Crippen LogP contribution in [0.4, 0.5) is 9.52 Å². The van der Waals surface area contributed by atoms with Gasteiger partial charge >= 0.3 is 0 Å². The number of rotatable bonds is 8. The molecule has 6 fully saturated rings. The van der Waals surface area contributed by atoms with Crippen molar-refractivity contribution in [3.8, 4) is 17.2 Å². The number of benzene rings is 2. The molecule has 2 aromatic carbocycles. The molecule has 12 heteroatoms. The molecule has 4 aliphatic heterocycles. The van der Waals surface area contributed by atoms with Crippen molar-refractivity contribution in [1.82, 2.24) is 24.8 Å². The summed E-state index contributed by atoms with van der Waals surface area (Å²) in [6.45, 7) is 5.55. The highest BCUT2D eigenvalue weighted by molar-refractivity contribution is 7.15. The Bertz CT molecular complexity index is 2500. The fourth-order valence-corrected chi connectivity index (χ4v) is 11.1. The fourth-order valence-electron chi connectivity index (χ4n) is 9.78. The average Bonchev–Trinajstić information content (AvgIpc) is 3.60. The van der Waals surface area contributed by atoms with Gasteiger partial charge in [0.05, 0.1) is 39.8 Å². The van der Waals surface area contributed by atoms with Crippen LogP contribution in [0.25, 0.3) is 32.9 Å². The summed E-state index contributed by atoms with van der Waals surface area (Å²) in [5.74, 6) is -0.416. The Balaban J connectivity index is 1.22. The number of pyridine rings is 1. The van der Waals surface area contributed by atoms with Crippen LogP contribution >= 0.6 is 34.5 Å². The van der Waals surface area contributed by atoms with Crippen LogP contribution in [0.2, 0.25) is 10.0 Å². The first-order chi connectivity index (χ1) is 26.9. The van der Waals surface area contributed by atoms with Gasteiger partial charge in [0.25, 0.3) is 0 Å². The molecule has 2 saturated carbocycles. The highest BCUT2D eigenvalue weighted by Crippen LogP contribution is 2.54. The SMILES string of the molecule is [2H]C1([2H])C2CC(CN1c1ncc(C(C)C)s1)N(C(=O)C1CC1)C2c1cc2c(C)nc3c(F)c(-c4cccc(Cl)c4Cl)c(CCC#N)cc3c2n1C1C2CNC1C2. The second kappa shape index (κ2) is 12.9. The van der Waals surface area contributed by atoms with Crippen LogP contribution in [-0.4, -0.2) is 57.0 Å². The zero-order valence-corrected chi connectivity index (χ0v) is 32.7. The monoisotopic (exact) mass is 783 g/mol. The number of amides is 1. The topological polar surface area (TPSA) is 90.1 Å². The summed E-state index contributed by atoms with van der Waals surface area (Å²) in [6, 6.07) is 11.0. The largest absolute Gasteiger partial charge is 0.346 e. The van der Waals surface area contributed by atoms with Crippen molar-refractivity contribution in [2.24, 2.45) is 17.8 Å². The van der Waals surface area contributed by atoms with E-state index in [9.17, 15) is 12.8 Å². The third-order valence-corrected chi connectivity index (χ3v) is 14.7. The summed E-state index contributed by atoms with van der Waals surface area (Å²) in [5.41, 5.74) is 3.95. The second-order valence-electron chi connectivity index (χ2n) is 16.2. The van der Waals surface area contributed by atoms with Gasteiger partial charge in [0.2, 0.25) is 5.91 Å². The van der Waals surface area contributed by atoms with Crippen molar-refractivity contribution in [2.75, 3.05) is 24.5 Å². The van der Waals surface area contributed by atoms with Crippen LogP contribution < -0.4 is 10.2 Å². The summed E-state index contributed by atoms with van der Waals surface area (Å²) in [6.07, 6.45) is 5.57. The maximum absolute atomic E-state index is 17.4. The standard InChI is InChI=1S/C42H42Cl2FN7OS/c1-20(2)33-17-48-42(54-33)50-18-25-12-26(19-50)51(41(53)22-9-10-22)39(25)32-15-28-21(3)49-37-29(40(28)52(32)38-24-14-31(38)47-16-24)13-23(6-5-11-46)34(36(37)45)27-7-4-8-30(43)35(27)44/h4,7-8,13,15,17,20,22,24-26,31,38-39,47H,5-6,9-10,12,14,16,18-19H2,1-3H3/i18D2. The molecule has 6 atom stereocenters. The Kier molecular flexibility index (Phi) is 7.77. The van der Waals surface area contributed by atoms with Crippen molar-refractivity contribution >= 4 is 67.4 Å². The molecule has 8 nitrogen and oxygen atoms in total. The molecule has 6 unspecified atom stereocenters. The van der Waals surface area contributed by atoms with Gasteiger partial charge in [-0.1, -0.05) is 49.2 Å². The molecule has 0 spiro atoms. The Hall–Kier alpha value is -3.75. The lowest BCUT2D eigenvalue weighted by atomic mass is 9.79. The van der Waals surface area contributed by atoms with Gasteiger partial charge in [-0.25, -0.2) is 14.4 Å². The minimum absolute atomic E-state index is 0.0352. The minimum atomic E-state index is -1.80. The number of aromatic nitrogens is 3. The zero-order valence-electron chi connectivity index (χ0n) is 32.4. The molecule has 1 N–H and O–H groups in total. The van der Waals surface area contributed by atoms with Crippen molar-refractivity contribution in [3.63, 3.8) is 0 Å². The maximum Gasteiger partial charge on any atom is 0.226 e. The van der Waals surface area contributed by atoms with E-state index >= 15 is 4.39 Å². The van der Waals surface area contributed by atoms with E-state index in [1.54, 1.807) is 18.2 Å². The normalized spacial score (nSPS) is 27.4. The Labute approximate surface area is 331 Å². The lowest BCUT2D eigenvalue weighted by Gasteiger charge is -2.40. The number of piperidine rings is 1. The number of hydrogen-bond donors (Lipinski definition) is 1. The first-order valence-electron chi connectivity index (χ1n) is 20.2. The minimum Gasteiger partial charge on any atom is -0.346 e. The number of nitriles is 1. The number of fused-ring (bicyclic) bond motifs is 6. The molecule has 5 aromatic rings. The van der Waals surface area contributed by atoms with Gasteiger partial charge in [-0.2, -0.15) is 5.26 Å². The van der Waals surface area contributed by atoms with Crippen LogP contribution in [0, 0.1) is 41.8 Å². The summed E-state index contributed by atoms with van der Waals surface area (Å²) in [4.78, 5) is 29.2. The van der Waals surface area contributed by atoms with Crippen molar-refractivity contribution < 1.29 is 11.9 Å². The van der Waals surface area contributed by atoms with E-state index in [0.717, 1.165) is 47.3 Å². The third-order valence-electron chi connectivity index (χ3n) is 12.5. The van der Waals surface area contributed by atoms with Gasteiger partial charge < -0.3 is 19.7 Å². The van der Waals surface area contributed by atoms with Crippen LogP contribution in [0.5, 0.6) is 0 Å². The average molecular weight is 785 g/mol. The van der Waals surface area contributed by atoms with Crippen molar-refractivity contribution in [2.45, 2.75) is 89.4 Å². The number of anilines is 1. The molecule has 2 aliphatic carbocycles.